The number of thiophene rings is 1. The van der Waals surface area contributed by atoms with Gasteiger partial charge in [0.1, 0.15) is 12.1 Å². The molecule has 0 spiro atoms. The van der Waals surface area contributed by atoms with Gasteiger partial charge in [0.2, 0.25) is 0 Å². The topological polar surface area (TPSA) is 46.2 Å². The van der Waals surface area contributed by atoms with Gasteiger partial charge in [-0.25, -0.2) is 8.78 Å². The molecule has 0 aliphatic carbocycles. The first-order valence-corrected chi connectivity index (χ1v) is 5.03. The van der Waals surface area contributed by atoms with Gasteiger partial charge in [-0.2, -0.15) is 0 Å². The molecule has 1 aromatic rings. The van der Waals surface area contributed by atoms with Crippen LogP contribution in [0.5, 0.6) is 0 Å². The minimum Gasteiger partial charge on any atom is -0.390 e. The van der Waals surface area contributed by atoms with E-state index in [9.17, 15) is 8.78 Å². The molecule has 5 heteroatoms. The lowest BCUT2D eigenvalue weighted by Crippen LogP contribution is -2.52. The van der Waals surface area contributed by atoms with Crippen LogP contribution in [0.2, 0.25) is 0 Å². The minimum absolute atomic E-state index is 0.413. The van der Waals surface area contributed by atoms with E-state index in [0.29, 0.717) is 4.88 Å². The Balaban J connectivity index is 3.14. The van der Waals surface area contributed by atoms with Crippen molar-refractivity contribution in [3.8, 4) is 0 Å². The molecule has 1 rings (SSSR count). The molecule has 0 unspecified atom stereocenters. The van der Waals surface area contributed by atoms with Gasteiger partial charge in [0.25, 0.3) is 5.92 Å². The summed E-state index contributed by atoms with van der Waals surface area (Å²) in [4.78, 5) is 0.413. The summed E-state index contributed by atoms with van der Waals surface area (Å²) in [5.74, 6) is -3.30. The van der Waals surface area contributed by atoms with Crippen molar-refractivity contribution in [1.82, 2.24) is 0 Å². The second kappa shape index (κ2) is 3.56. The van der Waals surface area contributed by atoms with Crippen LogP contribution >= 0.6 is 11.3 Å². The Morgan fingerprint density at radius 2 is 2.14 bits per heavy atom. The highest BCUT2D eigenvalue weighted by Crippen LogP contribution is 2.38. The lowest BCUT2D eigenvalue weighted by Gasteiger charge is -2.32. The summed E-state index contributed by atoms with van der Waals surface area (Å²) in [6, 6.07) is 1.73. The third-order valence-electron chi connectivity index (χ3n) is 2.29. The first-order valence-electron chi connectivity index (χ1n) is 4.15. The van der Waals surface area contributed by atoms with Crippen molar-refractivity contribution < 1.29 is 13.9 Å². The standard InChI is InChI=1S/C9H13F2NOS/c1-6-3-4-14-7(6)8(2,12)9(10,11)5-13/h3-4,13H,5,12H2,1-2H3/t8-/m1/s1. The molecule has 14 heavy (non-hydrogen) atoms. The molecular weight excluding hydrogens is 208 g/mol. The lowest BCUT2D eigenvalue weighted by atomic mass is 9.91. The summed E-state index contributed by atoms with van der Waals surface area (Å²) >= 11 is 1.18. The zero-order valence-corrected chi connectivity index (χ0v) is 8.87. The number of alkyl halides is 2. The Bertz CT molecular complexity index is 322. The van der Waals surface area contributed by atoms with Gasteiger partial charge in [0.15, 0.2) is 0 Å². The largest absolute Gasteiger partial charge is 0.390 e. The van der Waals surface area contributed by atoms with Crippen LogP contribution in [-0.2, 0) is 5.54 Å². The Morgan fingerprint density at radius 1 is 1.57 bits per heavy atom. The molecule has 1 heterocycles. The molecule has 1 atom stereocenters. The highest BCUT2D eigenvalue weighted by Gasteiger charge is 2.49. The Morgan fingerprint density at radius 3 is 2.50 bits per heavy atom. The highest BCUT2D eigenvalue weighted by atomic mass is 32.1. The van der Waals surface area contributed by atoms with Crippen LogP contribution in [-0.4, -0.2) is 17.6 Å². The van der Waals surface area contributed by atoms with E-state index in [1.54, 1.807) is 18.4 Å². The van der Waals surface area contributed by atoms with E-state index in [4.69, 9.17) is 10.8 Å². The lowest BCUT2D eigenvalue weighted by molar-refractivity contribution is -0.107. The fourth-order valence-electron chi connectivity index (χ4n) is 1.24. The first-order chi connectivity index (χ1) is 6.33. The molecule has 2 nitrogen and oxygen atoms in total. The van der Waals surface area contributed by atoms with Crippen molar-refractivity contribution in [2.24, 2.45) is 5.73 Å². The number of aliphatic hydroxyl groups excluding tert-OH is 1. The zero-order valence-electron chi connectivity index (χ0n) is 8.05. The van der Waals surface area contributed by atoms with Crippen LogP contribution in [0.3, 0.4) is 0 Å². The van der Waals surface area contributed by atoms with Gasteiger partial charge in [-0.15, -0.1) is 11.3 Å². The normalized spacial score (nSPS) is 16.7. The van der Waals surface area contributed by atoms with Crippen LogP contribution in [0.1, 0.15) is 17.4 Å². The molecule has 3 N–H and O–H groups in total. The fraction of sp³-hybridized carbons (Fsp3) is 0.556. The number of rotatable bonds is 3. The molecule has 0 bridgehead atoms. The number of nitrogens with two attached hydrogens (primary N) is 1. The third kappa shape index (κ3) is 1.67. The predicted molar refractivity (Wildman–Crippen MR) is 52.6 cm³/mol. The molecule has 0 radical (unpaired) electrons. The van der Waals surface area contributed by atoms with E-state index in [1.807, 2.05) is 0 Å². The summed E-state index contributed by atoms with van der Waals surface area (Å²) in [5, 5.41) is 10.3. The summed E-state index contributed by atoms with van der Waals surface area (Å²) in [7, 11) is 0. The molecule has 0 aromatic carbocycles. The number of aryl methyl sites for hydroxylation is 1. The summed E-state index contributed by atoms with van der Waals surface area (Å²) < 4.78 is 26.6. The maximum atomic E-state index is 13.3. The smallest absolute Gasteiger partial charge is 0.292 e. The second-order valence-corrected chi connectivity index (χ2v) is 4.41. The Hall–Kier alpha value is -0.520. The van der Waals surface area contributed by atoms with Gasteiger partial charge >= 0.3 is 0 Å². The zero-order chi connectivity index (χ0) is 11.0. The van der Waals surface area contributed by atoms with Crippen LogP contribution in [0.25, 0.3) is 0 Å². The fourth-order valence-corrected chi connectivity index (χ4v) is 2.29. The summed E-state index contributed by atoms with van der Waals surface area (Å²) in [6.45, 7) is 1.73. The maximum Gasteiger partial charge on any atom is 0.292 e. The molecule has 0 amide bonds. The molecule has 1 aromatic heterocycles. The average molecular weight is 221 g/mol. The van der Waals surface area contributed by atoms with Crippen LogP contribution in [0.15, 0.2) is 11.4 Å². The molecule has 80 valence electrons. The quantitative estimate of drug-likeness (QED) is 0.818. The SMILES string of the molecule is Cc1ccsc1[C@@](C)(N)C(F)(F)CO. The molecule has 0 fully saturated rings. The van der Waals surface area contributed by atoms with Crippen molar-refractivity contribution in [3.05, 3.63) is 21.9 Å². The van der Waals surface area contributed by atoms with E-state index in [2.05, 4.69) is 0 Å². The highest BCUT2D eigenvalue weighted by molar-refractivity contribution is 7.10. The number of hydrogen-bond donors (Lipinski definition) is 2. The first kappa shape index (κ1) is 11.6. The van der Waals surface area contributed by atoms with Gasteiger partial charge in [0.05, 0.1) is 0 Å². The van der Waals surface area contributed by atoms with E-state index in [0.717, 1.165) is 5.56 Å². The maximum absolute atomic E-state index is 13.3. The van der Waals surface area contributed by atoms with E-state index in [1.165, 1.54) is 18.3 Å². The van der Waals surface area contributed by atoms with Crippen LogP contribution in [0, 0.1) is 6.92 Å². The van der Waals surface area contributed by atoms with Crippen molar-refractivity contribution in [3.63, 3.8) is 0 Å². The molecule has 0 aliphatic heterocycles. The number of aliphatic hydroxyl groups is 1. The third-order valence-corrected chi connectivity index (χ3v) is 3.55. The van der Waals surface area contributed by atoms with Crippen LogP contribution < -0.4 is 5.73 Å². The summed E-state index contributed by atoms with van der Waals surface area (Å²) in [6.07, 6.45) is 0. The Kier molecular flexibility index (Phi) is 2.94. The monoisotopic (exact) mass is 221 g/mol. The second-order valence-electron chi connectivity index (χ2n) is 3.50. The predicted octanol–water partition coefficient (Wildman–Crippen LogP) is 1.86. The Labute approximate surface area is 85.4 Å². The van der Waals surface area contributed by atoms with Crippen molar-refractivity contribution in [1.29, 1.82) is 0 Å². The van der Waals surface area contributed by atoms with Crippen molar-refractivity contribution in [2.45, 2.75) is 25.3 Å². The average Bonchev–Trinajstić information content (AvgIpc) is 2.51. The van der Waals surface area contributed by atoms with Gasteiger partial charge in [-0.05, 0) is 30.9 Å². The summed E-state index contributed by atoms with van der Waals surface area (Å²) in [5.41, 5.74) is 4.50. The molecular formula is C9H13F2NOS. The minimum atomic E-state index is -3.30. The van der Waals surface area contributed by atoms with Crippen LogP contribution in [0.4, 0.5) is 8.78 Å². The number of halogens is 2. The number of hydrogen-bond acceptors (Lipinski definition) is 3. The van der Waals surface area contributed by atoms with E-state index < -0.39 is 18.1 Å². The van der Waals surface area contributed by atoms with Crippen molar-refractivity contribution >= 4 is 11.3 Å². The molecule has 0 saturated carbocycles. The van der Waals surface area contributed by atoms with Gasteiger partial charge in [-0.1, -0.05) is 0 Å². The van der Waals surface area contributed by atoms with Gasteiger partial charge < -0.3 is 10.8 Å². The molecule has 0 saturated heterocycles. The van der Waals surface area contributed by atoms with Crippen molar-refractivity contribution in [2.75, 3.05) is 6.61 Å². The van der Waals surface area contributed by atoms with E-state index in [-0.39, 0.29) is 0 Å². The van der Waals surface area contributed by atoms with E-state index >= 15 is 0 Å². The van der Waals surface area contributed by atoms with Gasteiger partial charge in [0, 0.05) is 4.88 Å². The molecule has 0 aliphatic rings. The van der Waals surface area contributed by atoms with Gasteiger partial charge in [-0.3, -0.25) is 0 Å².